The monoisotopic (exact) mass is 472 g/mol. The fourth-order valence-corrected chi connectivity index (χ4v) is 3.82. The van der Waals surface area contributed by atoms with Crippen LogP contribution in [0.1, 0.15) is 45.1 Å². The second-order valence-electron chi connectivity index (χ2n) is 8.37. The molecule has 0 radical (unpaired) electrons. The lowest BCUT2D eigenvalue weighted by Crippen LogP contribution is -2.21. The number of halogens is 4. The molecule has 1 aromatic carbocycles. The van der Waals surface area contributed by atoms with Gasteiger partial charge in [0.05, 0.1) is 5.56 Å². The van der Waals surface area contributed by atoms with Gasteiger partial charge in [-0.2, -0.15) is 28.4 Å². The number of rotatable bonds is 5. The molecule has 0 fully saturated rings. The van der Waals surface area contributed by atoms with Crippen molar-refractivity contribution in [3.63, 3.8) is 0 Å². The van der Waals surface area contributed by atoms with E-state index < -0.39 is 12.8 Å². The van der Waals surface area contributed by atoms with Crippen LogP contribution < -0.4 is 9.54 Å². The molecule has 0 spiro atoms. The van der Waals surface area contributed by atoms with E-state index >= 15 is 0 Å². The minimum absolute atomic E-state index is 0.0676. The highest BCUT2D eigenvalue weighted by Crippen LogP contribution is 2.27. The fraction of sp³-hybridized carbons (Fsp3) is 0.476. The number of alkyl halides is 3. The Hall–Kier alpha value is -2.31. The number of benzene rings is 1. The average Bonchev–Trinajstić information content (AvgIpc) is 3.01. The predicted molar refractivity (Wildman–Crippen MR) is 117 cm³/mol. The summed E-state index contributed by atoms with van der Waals surface area (Å²) in [4.78, 5) is 9.95. The third-order valence-electron chi connectivity index (χ3n) is 3.95. The van der Waals surface area contributed by atoms with Gasteiger partial charge in [0.2, 0.25) is 6.19 Å². The second-order valence-corrected chi connectivity index (χ2v) is 9.81. The Balaban J connectivity index is 2.65. The summed E-state index contributed by atoms with van der Waals surface area (Å²) in [7, 11) is 0. The van der Waals surface area contributed by atoms with Crippen LogP contribution in [0.2, 0.25) is 5.02 Å². The highest BCUT2D eigenvalue weighted by molar-refractivity contribution is 7.09. The number of amidine groups is 1. The number of thiazole rings is 1. The second kappa shape index (κ2) is 9.88. The van der Waals surface area contributed by atoms with E-state index in [0.717, 1.165) is 4.88 Å². The third-order valence-corrected chi connectivity index (χ3v) is 5.63. The Kier molecular flexibility index (Phi) is 7.95. The molecule has 1 aromatic heterocycles. The van der Waals surface area contributed by atoms with E-state index in [1.54, 1.807) is 6.19 Å². The van der Waals surface area contributed by atoms with Crippen molar-refractivity contribution in [1.29, 1.82) is 5.26 Å². The number of aliphatic imine (C=N–C) groups is 1. The SMILES string of the molecule is CC(C)Cn1cc(C(C)(C)C)sc1=NC(=NC#N)c1cc(Cl)ccc1OCC(F)(F)F. The summed E-state index contributed by atoms with van der Waals surface area (Å²) < 4.78 is 44.9. The molecule has 5 nitrogen and oxygen atoms in total. The minimum Gasteiger partial charge on any atom is -0.483 e. The summed E-state index contributed by atoms with van der Waals surface area (Å²) in [5, 5.41) is 9.45. The molecule has 1 heterocycles. The van der Waals surface area contributed by atoms with E-state index in [2.05, 4.69) is 44.6 Å². The Morgan fingerprint density at radius 3 is 2.52 bits per heavy atom. The molecular formula is C21H24ClF3N4OS. The normalized spacial score (nSPS) is 13.6. The first-order chi connectivity index (χ1) is 14.3. The Morgan fingerprint density at radius 1 is 1.29 bits per heavy atom. The van der Waals surface area contributed by atoms with Crippen molar-refractivity contribution < 1.29 is 17.9 Å². The Morgan fingerprint density at radius 2 is 1.97 bits per heavy atom. The standard InChI is InChI=1S/C21H24ClF3N4OS/c1-13(2)9-29-10-17(20(3,4)5)31-19(29)28-18(27-12-26)15-8-14(22)6-7-16(15)30-11-21(23,24)25/h6-8,10,13H,9,11H2,1-5H3. The molecule has 0 aliphatic heterocycles. The van der Waals surface area contributed by atoms with E-state index in [4.69, 9.17) is 16.3 Å². The third kappa shape index (κ3) is 7.40. The van der Waals surface area contributed by atoms with Gasteiger partial charge in [0.25, 0.3) is 0 Å². The van der Waals surface area contributed by atoms with Crippen LogP contribution >= 0.6 is 22.9 Å². The number of nitriles is 1. The van der Waals surface area contributed by atoms with Crippen LogP contribution in [0.5, 0.6) is 5.75 Å². The van der Waals surface area contributed by atoms with Crippen molar-refractivity contribution in [3.05, 3.63) is 44.7 Å². The van der Waals surface area contributed by atoms with Crippen LogP contribution in [0.4, 0.5) is 13.2 Å². The maximum atomic E-state index is 12.7. The van der Waals surface area contributed by atoms with Crippen LogP contribution in [0.25, 0.3) is 0 Å². The Labute approximate surface area is 188 Å². The van der Waals surface area contributed by atoms with Gasteiger partial charge >= 0.3 is 6.18 Å². The summed E-state index contributed by atoms with van der Waals surface area (Å²) in [6, 6.07) is 4.10. The largest absolute Gasteiger partial charge is 0.483 e. The first-order valence-corrected chi connectivity index (χ1v) is 10.7. The zero-order valence-electron chi connectivity index (χ0n) is 17.9. The smallest absolute Gasteiger partial charge is 0.422 e. The molecule has 0 N–H and O–H groups in total. The fourth-order valence-electron chi connectivity index (χ4n) is 2.58. The van der Waals surface area contributed by atoms with E-state index in [1.165, 1.54) is 29.5 Å². The quantitative estimate of drug-likeness (QED) is 0.308. The molecule has 0 saturated heterocycles. The maximum Gasteiger partial charge on any atom is 0.422 e. The number of nitrogens with zero attached hydrogens (tertiary/aromatic N) is 4. The molecule has 0 atom stereocenters. The van der Waals surface area contributed by atoms with Crippen molar-refractivity contribution in [3.8, 4) is 11.9 Å². The van der Waals surface area contributed by atoms with Gasteiger partial charge in [0.1, 0.15) is 5.75 Å². The van der Waals surface area contributed by atoms with Gasteiger partial charge in [-0.05, 0) is 29.5 Å². The number of ether oxygens (including phenoxy) is 1. The maximum absolute atomic E-state index is 12.7. The summed E-state index contributed by atoms with van der Waals surface area (Å²) in [6.07, 6.45) is -0.840. The lowest BCUT2D eigenvalue weighted by Gasteiger charge is -2.14. The zero-order valence-corrected chi connectivity index (χ0v) is 19.5. The first kappa shape index (κ1) is 25.0. The van der Waals surface area contributed by atoms with Crippen LogP contribution in [0, 0.1) is 17.4 Å². The zero-order chi connectivity index (χ0) is 23.4. The first-order valence-electron chi connectivity index (χ1n) is 9.52. The summed E-state index contributed by atoms with van der Waals surface area (Å²) in [6.45, 7) is 9.55. The van der Waals surface area contributed by atoms with E-state index in [-0.39, 0.29) is 27.6 Å². The molecular weight excluding hydrogens is 449 g/mol. The molecule has 0 amide bonds. The molecule has 31 heavy (non-hydrogen) atoms. The topological polar surface area (TPSA) is 62.7 Å². The van der Waals surface area contributed by atoms with Gasteiger partial charge in [0, 0.05) is 22.6 Å². The van der Waals surface area contributed by atoms with E-state index in [9.17, 15) is 18.4 Å². The predicted octanol–water partition coefficient (Wildman–Crippen LogP) is 5.93. The molecule has 0 saturated carbocycles. The minimum atomic E-state index is -4.52. The van der Waals surface area contributed by atoms with Crippen molar-refractivity contribution in [1.82, 2.24) is 4.57 Å². The molecule has 2 aromatic rings. The molecule has 0 bridgehead atoms. The molecule has 168 valence electrons. The van der Waals surface area contributed by atoms with Crippen molar-refractivity contribution in [2.45, 2.75) is 52.8 Å². The number of hydrogen-bond donors (Lipinski definition) is 0. The van der Waals surface area contributed by atoms with E-state index in [0.29, 0.717) is 17.3 Å². The van der Waals surface area contributed by atoms with Crippen molar-refractivity contribution >= 4 is 28.8 Å². The highest BCUT2D eigenvalue weighted by Gasteiger charge is 2.29. The lowest BCUT2D eigenvalue weighted by molar-refractivity contribution is -0.153. The summed E-state index contributed by atoms with van der Waals surface area (Å²) in [5.74, 6) is 0.152. The van der Waals surface area contributed by atoms with E-state index in [1.807, 2.05) is 10.8 Å². The van der Waals surface area contributed by atoms with Crippen molar-refractivity contribution in [2.75, 3.05) is 6.61 Å². The van der Waals surface area contributed by atoms with Crippen LogP contribution in [0.3, 0.4) is 0 Å². The molecule has 10 heteroatoms. The molecule has 2 rings (SSSR count). The molecule has 0 aliphatic carbocycles. The summed E-state index contributed by atoms with van der Waals surface area (Å²) >= 11 is 7.50. The lowest BCUT2D eigenvalue weighted by atomic mass is 9.95. The number of hydrogen-bond acceptors (Lipinski definition) is 4. The van der Waals surface area contributed by atoms with Gasteiger partial charge in [-0.3, -0.25) is 0 Å². The van der Waals surface area contributed by atoms with Crippen LogP contribution in [-0.4, -0.2) is 23.2 Å². The van der Waals surface area contributed by atoms with Crippen LogP contribution in [0.15, 0.2) is 34.4 Å². The highest BCUT2D eigenvalue weighted by atomic mass is 35.5. The molecule has 0 unspecified atom stereocenters. The summed E-state index contributed by atoms with van der Waals surface area (Å²) in [5.41, 5.74) is -0.0131. The van der Waals surface area contributed by atoms with Gasteiger partial charge in [0.15, 0.2) is 17.2 Å². The van der Waals surface area contributed by atoms with Gasteiger partial charge in [-0.25, -0.2) is 0 Å². The van der Waals surface area contributed by atoms with Crippen LogP contribution in [-0.2, 0) is 12.0 Å². The van der Waals surface area contributed by atoms with Gasteiger partial charge in [-0.15, -0.1) is 11.3 Å². The Bertz CT molecular complexity index is 1060. The van der Waals surface area contributed by atoms with Gasteiger partial charge < -0.3 is 9.30 Å². The van der Waals surface area contributed by atoms with Gasteiger partial charge in [-0.1, -0.05) is 46.2 Å². The average molecular weight is 473 g/mol. The van der Waals surface area contributed by atoms with Crippen molar-refractivity contribution in [2.24, 2.45) is 15.9 Å². The molecule has 0 aliphatic rings. The number of aromatic nitrogens is 1.